The fraction of sp³-hybridized carbons (Fsp3) is 0.500. The second kappa shape index (κ2) is 6.43. The van der Waals surface area contributed by atoms with Gasteiger partial charge in [-0.25, -0.2) is 0 Å². The third kappa shape index (κ3) is 4.81. The van der Waals surface area contributed by atoms with E-state index in [0.29, 0.717) is 19.6 Å². The van der Waals surface area contributed by atoms with Crippen molar-refractivity contribution in [3.05, 3.63) is 29.8 Å². The number of phenolic OH excluding ortho intramolecular Hbond substituents is 1. The maximum Gasteiger partial charge on any atom is 0.115 e. The van der Waals surface area contributed by atoms with Crippen LogP contribution in [0, 0.1) is 0 Å². The normalized spacial score (nSPS) is 12.7. The molecule has 1 rings (SSSR count). The summed E-state index contributed by atoms with van der Waals surface area (Å²) in [5.74, 6) is 0.231. The number of aromatic hydroxyl groups is 1. The molecule has 3 nitrogen and oxygen atoms in total. The molecule has 1 aromatic carbocycles. The number of hydrogen-bond acceptors (Lipinski definition) is 3. The first-order chi connectivity index (χ1) is 7.22. The van der Waals surface area contributed by atoms with E-state index >= 15 is 0 Å². The van der Waals surface area contributed by atoms with Gasteiger partial charge in [-0.3, -0.25) is 0 Å². The Labute approximate surface area is 90.3 Å². The van der Waals surface area contributed by atoms with Gasteiger partial charge in [-0.05, 0) is 24.1 Å². The number of hydrogen-bond donors (Lipinski definition) is 2. The van der Waals surface area contributed by atoms with Crippen molar-refractivity contribution in [2.75, 3.05) is 13.2 Å². The van der Waals surface area contributed by atoms with Crippen molar-refractivity contribution in [3.63, 3.8) is 0 Å². The van der Waals surface area contributed by atoms with Gasteiger partial charge < -0.3 is 14.9 Å². The molecule has 2 N–H and O–H groups in total. The molecule has 0 radical (unpaired) electrons. The Bertz CT molecular complexity index is 286. The summed E-state index contributed by atoms with van der Waals surface area (Å²) < 4.78 is 5.23. The van der Waals surface area contributed by atoms with Gasteiger partial charge in [-0.15, -0.1) is 0 Å². The topological polar surface area (TPSA) is 49.7 Å². The molecule has 84 valence electrons. The van der Waals surface area contributed by atoms with E-state index in [1.54, 1.807) is 18.2 Å². The molecule has 1 atom stereocenters. The molecule has 0 bridgehead atoms. The molecule has 0 fully saturated rings. The van der Waals surface area contributed by atoms with E-state index in [1.807, 2.05) is 13.0 Å². The number of aliphatic hydroxyl groups is 1. The summed E-state index contributed by atoms with van der Waals surface area (Å²) in [6, 6.07) is 6.92. The number of ether oxygens (including phenoxy) is 1. The summed E-state index contributed by atoms with van der Waals surface area (Å²) in [6.45, 7) is 3.06. The SMILES string of the molecule is CCCOCC(O)Cc1cccc(O)c1. The van der Waals surface area contributed by atoms with Crippen LogP contribution in [0.4, 0.5) is 0 Å². The minimum absolute atomic E-state index is 0.231. The van der Waals surface area contributed by atoms with Gasteiger partial charge in [0.2, 0.25) is 0 Å². The van der Waals surface area contributed by atoms with Crippen LogP contribution in [0.1, 0.15) is 18.9 Å². The predicted octanol–water partition coefficient (Wildman–Crippen LogP) is 1.72. The van der Waals surface area contributed by atoms with Crippen LogP contribution in [0.15, 0.2) is 24.3 Å². The third-order valence-electron chi connectivity index (χ3n) is 2.04. The van der Waals surface area contributed by atoms with Crippen molar-refractivity contribution in [2.24, 2.45) is 0 Å². The number of rotatable bonds is 6. The van der Waals surface area contributed by atoms with Crippen LogP contribution in [0.5, 0.6) is 5.75 Å². The van der Waals surface area contributed by atoms with Crippen LogP contribution in [0.25, 0.3) is 0 Å². The van der Waals surface area contributed by atoms with Crippen molar-refractivity contribution in [3.8, 4) is 5.75 Å². The summed E-state index contributed by atoms with van der Waals surface area (Å²) >= 11 is 0. The van der Waals surface area contributed by atoms with E-state index < -0.39 is 6.10 Å². The van der Waals surface area contributed by atoms with Gasteiger partial charge in [0.05, 0.1) is 12.7 Å². The first-order valence-corrected chi connectivity index (χ1v) is 5.26. The Hall–Kier alpha value is -1.06. The van der Waals surface area contributed by atoms with Crippen molar-refractivity contribution >= 4 is 0 Å². The average molecular weight is 210 g/mol. The van der Waals surface area contributed by atoms with Gasteiger partial charge in [0.1, 0.15) is 5.75 Å². The highest BCUT2D eigenvalue weighted by atomic mass is 16.5. The monoisotopic (exact) mass is 210 g/mol. The Balaban J connectivity index is 2.34. The average Bonchev–Trinajstić information content (AvgIpc) is 2.18. The molecule has 1 aromatic rings. The van der Waals surface area contributed by atoms with Crippen LogP contribution < -0.4 is 0 Å². The van der Waals surface area contributed by atoms with E-state index in [2.05, 4.69) is 0 Å². The Morgan fingerprint density at radius 1 is 1.40 bits per heavy atom. The lowest BCUT2D eigenvalue weighted by Crippen LogP contribution is -2.18. The second-order valence-electron chi connectivity index (χ2n) is 3.60. The molecule has 0 spiro atoms. The second-order valence-corrected chi connectivity index (χ2v) is 3.60. The third-order valence-corrected chi connectivity index (χ3v) is 2.04. The molecule has 1 unspecified atom stereocenters. The summed E-state index contributed by atoms with van der Waals surface area (Å²) in [4.78, 5) is 0. The van der Waals surface area contributed by atoms with Crippen LogP contribution >= 0.6 is 0 Å². The van der Waals surface area contributed by atoms with Gasteiger partial charge in [0.15, 0.2) is 0 Å². The highest BCUT2D eigenvalue weighted by Gasteiger charge is 2.05. The maximum absolute atomic E-state index is 9.61. The lowest BCUT2D eigenvalue weighted by atomic mass is 10.1. The molecular weight excluding hydrogens is 192 g/mol. The zero-order valence-electron chi connectivity index (χ0n) is 9.02. The molecule has 0 saturated carbocycles. The largest absolute Gasteiger partial charge is 0.508 e. The first kappa shape index (κ1) is 12.0. The van der Waals surface area contributed by atoms with Gasteiger partial charge in [-0.2, -0.15) is 0 Å². The van der Waals surface area contributed by atoms with E-state index in [9.17, 15) is 10.2 Å². The Morgan fingerprint density at radius 2 is 2.20 bits per heavy atom. The molecule has 0 aromatic heterocycles. The van der Waals surface area contributed by atoms with Crippen LogP contribution in [-0.4, -0.2) is 29.5 Å². The highest BCUT2D eigenvalue weighted by Crippen LogP contribution is 2.12. The smallest absolute Gasteiger partial charge is 0.115 e. The van der Waals surface area contributed by atoms with Gasteiger partial charge in [0, 0.05) is 13.0 Å². The van der Waals surface area contributed by atoms with E-state index in [4.69, 9.17) is 4.74 Å². The van der Waals surface area contributed by atoms with Gasteiger partial charge in [0.25, 0.3) is 0 Å². The standard InChI is InChI=1S/C12H18O3/c1-2-6-15-9-12(14)8-10-4-3-5-11(13)7-10/h3-5,7,12-14H,2,6,8-9H2,1H3. The molecule has 0 aliphatic heterocycles. The quantitative estimate of drug-likeness (QED) is 0.703. The maximum atomic E-state index is 9.61. The molecule has 0 heterocycles. The molecular formula is C12H18O3. The highest BCUT2D eigenvalue weighted by molar-refractivity contribution is 5.27. The predicted molar refractivity (Wildman–Crippen MR) is 58.9 cm³/mol. The molecule has 3 heteroatoms. The van der Waals surface area contributed by atoms with Crippen LogP contribution in [0.3, 0.4) is 0 Å². The fourth-order valence-corrected chi connectivity index (χ4v) is 1.38. The fourth-order valence-electron chi connectivity index (χ4n) is 1.38. The first-order valence-electron chi connectivity index (χ1n) is 5.26. The minimum Gasteiger partial charge on any atom is -0.508 e. The zero-order chi connectivity index (χ0) is 11.1. The molecule has 0 saturated heterocycles. The molecule has 15 heavy (non-hydrogen) atoms. The summed E-state index contributed by atoms with van der Waals surface area (Å²) in [7, 11) is 0. The van der Waals surface area contributed by atoms with Crippen molar-refractivity contribution in [2.45, 2.75) is 25.9 Å². The summed E-state index contributed by atoms with van der Waals surface area (Å²) in [5, 5.41) is 18.8. The lowest BCUT2D eigenvalue weighted by Gasteiger charge is -2.10. The van der Waals surface area contributed by atoms with Gasteiger partial charge in [-0.1, -0.05) is 19.1 Å². The lowest BCUT2D eigenvalue weighted by molar-refractivity contribution is 0.0374. The van der Waals surface area contributed by atoms with E-state index in [0.717, 1.165) is 12.0 Å². The molecule has 0 amide bonds. The summed E-state index contributed by atoms with van der Waals surface area (Å²) in [5.41, 5.74) is 0.919. The van der Waals surface area contributed by atoms with E-state index in [-0.39, 0.29) is 5.75 Å². The molecule has 0 aliphatic rings. The van der Waals surface area contributed by atoms with Crippen LogP contribution in [0.2, 0.25) is 0 Å². The van der Waals surface area contributed by atoms with E-state index in [1.165, 1.54) is 0 Å². The number of phenols is 1. The zero-order valence-corrected chi connectivity index (χ0v) is 9.02. The Morgan fingerprint density at radius 3 is 2.87 bits per heavy atom. The summed E-state index contributed by atoms with van der Waals surface area (Å²) in [6.07, 6.45) is 0.968. The van der Waals surface area contributed by atoms with Gasteiger partial charge >= 0.3 is 0 Å². The molecule has 0 aliphatic carbocycles. The van der Waals surface area contributed by atoms with Crippen molar-refractivity contribution in [1.82, 2.24) is 0 Å². The van der Waals surface area contributed by atoms with Crippen molar-refractivity contribution < 1.29 is 14.9 Å². The number of aliphatic hydroxyl groups excluding tert-OH is 1. The van der Waals surface area contributed by atoms with Crippen molar-refractivity contribution in [1.29, 1.82) is 0 Å². The minimum atomic E-state index is -0.502. The Kier molecular flexibility index (Phi) is 5.15. The van der Waals surface area contributed by atoms with Crippen LogP contribution in [-0.2, 0) is 11.2 Å². The number of benzene rings is 1.